The van der Waals surface area contributed by atoms with Gasteiger partial charge in [-0.3, -0.25) is 10.1 Å². The fraction of sp³-hybridized carbons (Fsp3) is 0.308. The van der Waals surface area contributed by atoms with Crippen LogP contribution in [-0.4, -0.2) is 31.4 Å². The van der Waals surface area contributed by atoms with Gasteiger partial charge in [0, 0.05) is 23.8 Å². The molecule has 2 rings (SSSR count). The van der Waals surface area contributed by atoms with Gasteiger partial charge in [-0.15, -0.1) is 22.7 Å². The third-order valence-electron chi connectivity index (χ3n) is 2.66. The summed E-state index contributed by atoms with van der Waals surface area (Å²) in [5.41, 5.74) is 0. The molecule has 0 spiro atoms. The van der Waals surface area contributed by atoms with Crippen molar-refractivity contribution in [1.29, 1.82) is 0 Å². The van der Waals surface area contributed by atoms with Crippen LogP contribution in [-0.2, 0) is 4.79 Å². The number of nitrogens with one attached hydrogen (secondary N) is 1. The fourth-order valence-electron chi connectivity index (χ4n) is 1.63. The summed E-state index contributed by atoms with van der Waals surface area (Å²) in [7, 11) is 3.51. The molecule has 1 unspecified atom stereocenters. The molecule has 2 aromatic heterocycles. The molecule has 0 aliphatic rings. The lowest BCUT2D eigenvalue weighted by atomic mass is 10.2. The minimum Gasteiger partial charge on any atom is -0.348 e. The van der Waals surface area contributed by atoms with Gasteiger partial charge in [0.05, 0.1) is 16.9 Å². The lowest BCUT2D eigenvalue weighted by molar-refractivity contribution is -0.127. The quantitative estimate of drug-likeness (QED) is 0.919. The maximum Gasteiger partial charge on any atom is 0.236 e. The van der Waals surface area contributed by atoms with Gasteiger partial charge in [-0.25, -0.2) is 0 Å². The Kier molecular flexibility index (Phi) is 4.99. The van der Waals surface area contributed by atoms with Crippen LogP contribution < -0.4 is 5.32 Å². The van der Waals surface area contributed by atoms with E-state index in [1.54, 1.807) is 30.3 Å². The van der Waals surface area contributed by atoms with Gasteiger partial charge in [0.1, 0.15) is 0 Å². The van der Waals surface area contributed by atoms with Crippen LogP contribution in [0.5, 0.6) is 0 Å². The van der Waals surface area contributed by atoms with Crippen molar-refractivity contribution in [3.05, 3.63) is 43.7 Å². The highest BCUT2D eigenvalue weighted by Gasteiger charge is 2.18. The zero-order valence-electron chi connectivity index (χ0n) is 10.7. The molecule has 102 valence electrons. The molecule has 19 heavy (non-hydrogen) atoms. The van der Waals surface area contributed by atoms with E-state index in [-0.39, 0.29) is 11.9 Å². The Bertz CT molecular complexity index is 537. The van der Waals surface area contributed by atoms with Gasteiger partial charge in [-0.1, -0.05) is 17.7 Å². The number of amides is 1. The molecule has 0 radical (unpaired) electrons. The van der Waals surface area contributed by atoms with E-state index in [4.69, 9.17) is 11.6 Å². The topological polar surface area (TPSA) is 32.3 Å². The van der Waals surface area contributed by atoms with E-state index in [9.17, 15) is 4.79 Å². The summed E-state index contributed by atoms with van der Waals surface area (Å²) in [5.74, 6) is 0.0595. The average Bonchev–Trinajstić information content (AvgIpc) is 3.01. The molecule has 2 aromatic rings. The van der Waals surface area contributed by atoms with Crippen molar-refractivity contribution in [2.75, 3.05) is 20.6 Å². The van der Waals surface area contributed by atoms with Crippen molar-refractivity contribution in [2.24, 2.45) is 0 Å². The molecule has 0 aromatic carbocycles. The molecule has 1 N–H and O–H groups in total. The van der Waals surface area contributed by atoms with Gasteiger partial charge >= 0.3 is 0 Å². The predicted molar refractivity (Wildman–Crippen MR) is 82.2 cm³/mol. The molecule has 0 fully saturated rings. The highest BCUT2D eigenvalue weighted by atomic mass is 35.5. The summed E-state index contributed by atoms with van der Waals surface area (Å²) in [6.07, 6.45) is 0. The first-order valence-corrected chi connectivity index (χ1v) is 7.87. The summed E-state index contributed by atoms with van der Waals surface area (Å²) in [4.78, 5) is 15.6. The third kappa shape index (κ3) is 3.79. The van der Waals surface area contributed by atoms with Gasteiger partial charge in [0.2, 0.25) is 5.91 Å². The predicted octanol–water partition coefficient (Wildman–Crippen LogP) is 3.23. The van der Waals surface area contributed by atoms with E-state index in [1.807, 2.05) is 23.6 Å². The van der Waals surface area contributed by atoms with E-state index in [0.717, 1.165) is 9.21 Å². The molecule has 6 heteroatoms. The van der Waals surface area contributed by atoms with Gasteiger partial charge in [0.25, 0.3) is 0 Å². The van der Waals surface area contributed by atoms with Crippen LogP contribution in [0.1, 0.15) is 15.8 Å². The molecular weight excluding hydrogens is 300 g/mol. The molecule has 0 bridgehead atoms. The maximum atomic E-state index is 11.7. The number of carbonyl (C=O) groups is 1. The number of thiophene rings is 2. The summed E-state index contributed by atoms with van der Waals surface area (Å²) in [6.45, 7) is 0.311. The van der Waals surface area contributed by atoms with Gasteiger partial charge < -0.3 is 4.90 Å². The third-order valence-corrected chi connectivity index (χ3v) is 4.90. The Morgan fingerprint density at radius 1 is 1.37 bits per heavy atom. The summed E-state index contributed by atoms with van der Waals surface area (Å²) < 4.78 is 0.761. The molecular formula is C13H15ClN2OS2. The van der Waals surface area contributed by atoms with E-state index >= 15 is 0 Å². The molecule has 1 amide bonds. The monoisotopic (exact) mass is 314 g/mol. The molecule has 1 atom stereocenters. The van der Waals surface area contributed by atoms with Crippen molar-refractivity contribution in [3.8, 4) is 0 Å². The molecule has 2 heterocycles. The van der Waals surface area contributed by atoms with Crippen molar-refractivity contribution < 1.29 is 4.79 Å². The van der Waals surface area contributed by atoms with Crippen LogP contribution in [0.3, 0.4) is 0 Å². The zero-order valence-corrected chi connectivity index (χ0v) is 13.1. The van der Waals surface area contributed by atoms with Crippen LogP contribution in [0.2, 0.25) is 4.34 Å². The van der Waals surface area contributed by atoms with Gasteiger partial charge in [-0.2, -0.15) is 0 Å². The van der Waals surface area contributed by atoms with Crippen molar-refractivity contribution in [2.45, 2.75) is 6.04 Å². The fourth-order valence-corrected chi connectivity index (χ4v) is 3.68. The Labute approximate surface area is 125 Å². The second-order valence-corrected chi connectivity index (χ2v) is 6.99. The molecule has 3 nitrogen and oxygen atoms in total. The molecule has 0 saturated carbocycles. The van der Waals surface area contributed by atoms with E-state index in [1.165, 1.54) is 16.2 Å². The summed E-state index contributed by atoms with van der Waals surface area (Å²) >= 11 is 9.21. The first kappa shape index (κ1) is 14.5. The first-order valence-electron chi connectivity index (χ1n) is 5.80. The van der Waals surface area contributed by atoms with Crippen molar-refractivity contribution in [3.63, 3.8) is 0 Å². The number of hydrogen-bond donors (Lipinski definition) is 1. The van der Waals surface area contributed by atoms with Crippen molar-refractivity contribution in [1.82, 2.24) is 10.2 Å². The first-order chi connectivity index (χ1) is 9.08. The Hall–Kier alpha value is -0.880. The second kappa shape index (κ2) is 6.52. The second-order valence-electron chi connectivity index (χ2n) is 4.26. The van der Waals surface area contributed by atoms with E-state index in [2.05, 4.69) is 11.4 Å². The largest absolute Gasteiger partial charge is 0.348 e. The number of halogens is 1. The van der Waals surface area contributed by atoms with Gasteiger partial charge in [-0.05, 0) is 23.6 Å². The number of rotatable bonds is 5. The minimum absolute atomic E-state index is 0.0291. The van der Waals surface area contributed by atoms with Crippen LogP contribution in [0.15, 0.2) is 29.6 Å². The Morgan fingerprint density at radius 2 is 2.16 bits per heavy atom. The van der Waals surface area contributed by atoms with Crippen LogP contribution in [0, 0.1) is 0 Å². The number of likely N-dealkylation sites (N-methyl/N-ethyl adjacent to an activating group) is 1. The molecule has 0 saturated heterocycles. The normalized spacial score (nSPS) is 12.4. The standard InChI is InChI=1S/C13H15ClN2OS2/c1-16(2)12(17)8-15-13(9-4-3-7-18-9)10-5-6-11(14)19-10/h3-7,13,15H,8H2,1-2H3. The lowest BCUT2D eigenvalue weighted by Gasteiger charge is -2.17. The maximum absolute atomic E-state index is 11.7. The van der Waals surface area contributed by atoms with Crippen LogP contribution in [0.25, 0.3) is 0 Å². The van der Waals surface area contributed by atoms with Crippen LogP contribution >= 0.6 is 34.3 Å². The van der Waals surface area contributed by atoms with E-state index < -0.39 is 0 Å². The highest BCUT2D eigenvalue weighted by Crippen LogP contribution is 2.32. The number of carbonyl (C=O) groups excluding carboxylic acids is 1. The Morgan fingerprint density at radius 3 is 2.68 bits per heavy atom. The number of nitrogens with zero attached hydrogens (tertiary/aromatic N) is 1. The molecule has 0 aliphatic heterocycles. The lowest BCUT2D eigenvalue weighted by Crippen LogP contribution is -2.34. The molecule has 0 aliphatic carbocycles. The average molecular weight is 315 g/mol. The smallest absolute Gasteiger partial charge is 0.236 e. The van der Waals surface area contributed by atoms with Crippen molar-refractivity contribution >= 4 is 40.2 Å². The van der Waals surface area contributed by atoms with Crippen LogP contribution in [0.4, 0.5) is 0 Å². The van der Waals surface area contributed by atoms with Gasteiger partial charge in [0.15, 0.2) is 0 Å². The van der Waals surface area contributed by atoms with E-state index in [0.29, 0.717) is 6.54 Å². The minimum atomic E-state index is 0.0291. The highest BCUT2D eigenvalue weighted by molar-refractivity contribution is 7.16. The number of hydrogen-bond acceptors (Lipinski definition) is 4. The summed E-state index contributed by atoms with van der Waals surface area (Å²) in [5, 5.41) is 5.34. The summed E-state index contributed by atoms with van der Waals surface area (Å²) in [6, 6.07) is 8.00. The SMILES string of the molecule is CN(C)C(=O)CNC(c1cccs1)c1ccc(Cl)s1. The Balaban J connectivity index is 2.14. The zero-order chi connectivity index (χ0) is 13.8.